The monoisotopic (exact) mass is 254 g/mol. The molecule has 0 N–H and O–H groups in total. The first-order chi connectivity index (χ1) is 7.90. The van der Waals surface area contributed by atoms with Crippen LogP contribution in [0.15, 0.2) is 11.6 Å². The first-order valence-corrected chi connectivity index (χ1v) is 6.83. The summed E-state index contributed by atoms with van der Waals surface area (Å²) in [6.45, 7) is 18.5. The van der Waals surface area contributed by atoms with Gasteiger partial charge in [0.05, 0.1) is 0 Å². The van der Waals surface area contributed by atoms with Crippen LogP contribution in [0.3, 0.4) is 0 Å². The third-order valence-corrected chi connectivity index (χ3v) is 4.14. The number of esters is 1. The van der Waals surface area contributed by atoms with E-state index in [4.69, 9.17) is 4.74 Å². The summed E-state index contributed by atoms with van der Waals surface area (Å²) in [5.74, 6) is 0.577. The van der Waals surface area contributed by atoms with E-state index in [0.29, 0.717) is 17.4 Å². The Labute approximate surface area is 113 Å². The molecule has 0 spiro atoms. The normalized spacial score (nSPS) is 14.3. The number of allylic oxidation sites excluding steroid dienone is 1. The number of rotatable bonds is 5. The van der Waals surface area contributed by atoms with Crippen molar-refractivity contribution in [3.8, 4) is 0 Å². The molecule has 0 saturated heterocycles. The van der Waals surface area contributed by atoms with Crippen molar-refractivity contribution < 1.29 is 9.53 Å². The second kappa shape index (κ2) is 5.90. The Bertz CT molecular complexity index is 320. The van der Waals surface area contributed by atoms with Crippen LogP contribution in [0.25, 0.3) is 0 Å². The maximum atomic E-state index is 12.1. The highest BCUT2D eigenvalue weighted by molar-refractivity contribution is 5.88. The third kappa shape index (κ3) is 4.83. The maximum Gasteiger partial charge on any atom is 0.333 e. The van der Waals surface area contributed by atoms with Crippen LogP contribution in [0.2, 0.25) is 0 Å². The van der Waals surface area contributed by atoms with Crippen LogP contribution >= 0.6 is 0 Å². The fraction of sp³-hybridized carbons (Fsp3) is 0.812. The Balaban J connectivity index is 4.87. The molecule has 0 aliphatic rings. The standard InChI is InChI=1S/C16H30O2/c1-11(2)15(6,7)10-13(5)14(17)18-16(8,9)12(3)4/h10-12H,1-9H3. The van der Waals surface area contributed by atoms with E-state index >= 15 is 0 Å². The Morgan fingerprint density at radius 1 is 1.00 bits per heavy atom. The number of carbonyl (C=O) groups excluding carboxylic acids is 1. The van der Waals surface area contributed by atoms with Crippen LogP contribution in [0.5, 0.6) is 0 Å². The molecule has 0 heterocycles. The van der Waals surface area contributed by atoms with E-state index in [-0.39, 0.29) is 11.4 Å². The molecule has 0 aromatic carbocycles. The lowest BCUT2D eigenvalue weighted by Crippen LogP contribution is -2.34. The molecule has 0 aliphatic heterocycles. The Kier molecular flexibility index (Phi) is 5.64. The zero-order valence-electron chi connectivity index (χ0n) is 13.5. The van der Waals surface area contributed by atoms with Gasteiger partial charge in [0.1, 0.15) is 5.60 Å². The topological polar surface area (TPSA) is 26.3 Å². The molecule has 2 nitrogen and oxygen atoms in total. The van der Waals surface area contributed by atoms with Crippen molar-refractivity contribution in [3.05, 3.63) is 11.6 Å². The SMILES string of the molecule is CC(=CC(C)(C)C(C)C)C(=O)OC(C)(C)C(C)C. The lowest BCUT2D eigenvalue weighted by molar-refractivity contribution is -0.155. The summed E-state index contributed by atoms with van der Waals surface area (Å²) in [5, 5.41) is 0. The minimum absolute atomic E-state index is 0.00504. The fourth-order valence-corrected chi connectivity index (χ4v) is 1.22. The van der Waals surface area contributed by atoms with E-state index in [1.165, 1.54) is 0 Å². The zero-order chi connectivity index (χ0) is 14.7. The largest absolute Gasteiger partial charge is 0.456 e. The Morgan fingerprint density at radius 2 is 1.44 bits per heavy atom. The van der Waals surface area contributed by atoms with Crippen LogP contribution in [0, 0.1) is 17.3 Å². The van der Waals surface area contributed by atoms with Gasteiger partial charge in [-0.1, -0.05) is 47.6 Å². The second-order valence-electron chi connectivity index (χ2n) is 6.95. The smallest absolute Gasteiger partial charge is 0.333 e. The van der Waals surface area contributed by atoms with E-state index in [1.807, 2.05) is 26.8 Å². The van der Waals surface area contributed by atoms with Crippen molar-refractivity contribution in [2.75, 3.05) is 0 Å². The van der Waals surface area contributed by atoms with Crippen molar-refractivity contribution in [3.63, 3.8) is 0 Å². The first-order valence-electron chi connectivity index (χ1n) is 6.83. The molecular formula is C16H30O2. The van der Waals surface area contributed by atoms with E-state index in [2.05, 4.69) is 41.5 Å². The van der Waals surface area contributed by atoms with Crippen molar-refractivity contribution in [2.24, 2.45) is 17.3 Å². The van der Waals surface area contributed by atoms with Crippen molar-refractivity contribution >= 4 is 5.97 Å². The maximum absolute atomic E-state index is 12.1. The molecule has 2 heteroatoms. The van der Waals surface area contributed by atoms with E-state index in [9.17, 15) is 4.79 Å². The molecule has 18 heavy (non-hydrogen) atoms. The van der Waals surface area contributed by atoms with Gasteiger partial charge in [-0.15, -0.1) is 0 Å². The van der Waals surface area contributed by atoms with Gasteiger partial charge < -0.3 is 4.74 Å². The lowest BCUT2D eigenvalue weighted by atomic mass is 9.80. The van der Waals surface area contributed by atoms with Gasteiger partial charge in [-0.25, -0.2) is 4.79 Å². The molecular weight excluding hydrogens is 224 g/mol. The summed E-state index contributed by atoms with van der Waals surface area (Å²) >= 11 is 0. The average Bonchev–Trinajstić information content (AvgIpc) is 2.15. The van der Waals surface area contributed by atoms with Crippen LogP contribution in [-0.4, -0.2) is 11.6 Å². The van der Waals surface area contributed by atoms with Gasteiger partial charge in [0.15, 0.2) is 0 Å². The average molecular weight is 254 g/mol. The van der Waals surface area contributed by atoms with Crippen molar-refractivity contribution in [1.29, 1.82) is 0 Å². The molecule has 106 valence electrons. The quantitative estimate of drug-likeness (QED) is 0.529. The molecule has 0 aliphatic carbocycles. The summed E-state index contributed by atoms with van der Waals surface area (Å²) in [7, 11) is 0. The van der Waals surface area contributed by atoms with Gasteiger partial charge in [-0.2, -0.15) is 0 Å². The lowest BCUT2D eigenvalue weighted by Gasteiger charge is -2.30. The number of hydrogen-bond donors (Lipinski definition) is 0. The predicted molar refractivity (Wildman–Crippen MR) is 77.4 cm³/mol. The van der Waals surface area contributed by atoms with Crippen molar-refractivity contribution in [2.45, 2.75) is 67.9 Å². The van der Waals surface area contributed by atoms with Gasteiger partial charge in [0.25, 0.3) is 0 Å². The summed E-state index contributed by atoms with van der Waals surface area (Å²) < 4.78 is 5.58. The Morgan fingerprint density at radius 3 is 1.78 bits per heavy atom. The van der Waals surface area contributed by atoms with E-state index < -0.39 is 5.60 Å². The molecule has 0 aromatic heterocycles. The number of hydrogen-bond acceptors (Lipinski definition) is 2. The van der Waals surface area contributed by atoms with Gasteiger partial charge in [0.2, 0.25) is 0 Å². The highest BCUT2D eigenvalue weighted by Crippen LogP contribution is 2.30. The Hall–Kier alpha value is -0.790. The molecule has 0 fully saturated rings. The van der Waals surface area contributed by atoms with Crippen LogP contribution in [-0.2, 0) is 9.53 Å². The van der Waals surface area contributed by atoms with Gasteiger partial charge >= 0.3 is 5.97 Å². The number of carbonyl (C=O) groups is 1. The summed E-state index contributed by atoms with van der Waals surface area (Å²) in [6, 6.07) is 0. The molecule has 0 radical (unpaired) electrons. The molecule has 0 saturated carbocycles. The number of ether oxygens (including phenoxy) is 1. The summed E-state index contributed by atoms with van der Waals surface area (Å²) in [4.78, 5) is 12.1. The molecule has 0 atom stereocenters. The molecule has 0 amide bonds. The van der Waals surface area contributed by atoms with Gasteiger partial charge in [-0.3, -0.25) is 0 Å². The zero-order valence-corrected chi connectivity index (χ0v) is 13.5. The van der Waals surface area contributed by atoms with Crippen LogP contribution in [0.1, 0.15) is 62.3 Å². The van der Waals surface area contributed by atoms with E-state index in [0.717, 1.165) is 0 Å². The highest BCUT2D eigenvalue weighted by Gasteiger charge is 2.28. The molecule has 0 unspecified atom stereocenters. The van der Waals surface area contributed by atoms with Gasteiger partial charge in [-0.05, 0) is 38.0 Å². The molecule has 0 rings (SSSR count). The second-order valence-corrected chi connectivity index (χ2v) is 6.95. The molecule has 0 aromatic rings. The summed E-state index contributed by atoms with van der Waals surface area (Å²) in [6.07, 6.45) is 2.02. The minimum Gasteiger partial charge on any atom is -0.456 e. The van der Waals surface area contributed by atoms with Crippen LogP contribution < -0.4 is 0 Å². The molecule has 0 bridgehead atoms. The van der Waals surface area contributed by atoms with E-state index in [1.54, 1.807) is 0 Å². The van der Waals surface area contributed by atoms with Gasteiger partial charge in [0, 0.05) is 5.57 Å². The highest BCUT2D eigenvalue weighted by atomic mass is 16.6. The minimum atomic E-state index is -0.422. The predicted octanol–water partition coefficient (Wildman–Crippen LogP) is 4.59. The van der Waals surface area contributed by atoms with Crippen molar-refractivity contribution in [1.82, 2.24) is 0 Å². The summed E-state index contributed by atoms with van der Waals surface area (Å²) in [5.41, 5.74) is 0.279. The van der Waals surface area contributed by atoms with Crippen LogP contribution in [0.4, 0.5) is 0 Å². The first kappa shape index (κ1) is 17.2. The fourth-order valence-electron chi connectivity index (χ4n) is 1.22. The third-order valence-electron chi connectivity index (χ3n) is 4.14.